The van der Waals surface area contributed by atoms with Gasteiger partial charge in [-0.25, -0.2) is 0 Å². The lowest BCUT2D eigenvalue weighted by Crippen LogP contribution is -2.47. The van der Waals surface area contributed by atoms with Crippen LogP contribution in [0.25, 0.3) is 0 Å². The van der Waals surface area contributed by atoms with E-state index in [1.54, 1.807) is 0 Å². The van der Waals surface area contributed by atoms with Crippen molar-refractivity contribution in [2.75, 3.05) is 5.75 Å². The standard InChI is InChI=1S/C40H69NO5S/c1-3-5-7-9-11-13-15-16-17-18-19-20-21-22-23-24-26-28-30-32-34-36-40(43)41-38(37-47(44,45)46)39(42)35-33-31-29-27-25-14-12-10-8-6-4-2/h5,7,11,13,16-17,19-20,22-23,26,28,38-39,42H,3-4,6,8-10,12,14-15,18,21,24-25,27,29-37H2,1-2H3,(H,41,43)(H,44,45,46)/b7-5-,13-11-,17-16-,20-19-,23-22-,28-26-. The number of rotatable bonds is 32. The Labute approximate surface area is 289 Å². The summed E-state index contributed by atoms with van der Waals surface area (Å²) in [5.74, 6) is -0.962. The normalized spacial score (nSPS) is 14.2. The van der Waals surface area contributed by atoms with Crippen molar-refractivity contribution in [3.8, 4) is 0 Å². The first kappa shape index (κ1) is 44.8. The number of carbonyl (C=O) groups is 1. The second kappa shape index (κ2) is 33.7. The molecule has 0 rings (SSSR count). The number of unbranched alkanes of at least 4 members (excludes halogenated alkanes) is 12. The minimum Gasteiger partial charge on any atom is -0.391 e. The minimum atomic E-state index is -4.32. The van der Waals surface area contributed by atoms with Gasteiger partial charge in [0.1, 0.15) is 0 Å². The van der Waals surface area contributed by atoms with Gasteiger partial charge in [0.15, 0.2) is 0 Å². The predicted molar refractivity (Wildman–Crippen MR) is 202 cm³/mol. The molecular weight excluding hydrogens is 607 g/mol. The number of nitrogens with one attached hydrogen (secondary N) is 1. The molecule has 0 saturated heterocycles. The molecule has 3 N–H and O–H groups in total. The number of aliphatic hydroxyl groups is 1. The average Bonchev–Trinajstić information content (AvgIpc) is 3.03. The lowest BCUT2D eigenvalue weighted by atomic mass is 10.0. The molecule has 0 heterocycles. The molecule has 2 atom stereocenters. The molecule has 0 bridgehead atoms. The second-order valence-electron chi connectivity index (χ2n) is 12.5. The van der Waals surface area contributed by atoms with Gasteiger partial charge in [0.05, 0.1) is 17.9 Å². The van der Waals surface area contributed by atoms with E-state index in [2.05, 4.69) is 92.1 Å². The van der Waals surface area contributed by atoms with Gasteiger partial charge in [-0.2, -0.15) is 8.42 Å². The average molecular weight is 676 g/mol. The van der Waals surface area contributed by atoms with E-state index in [0.717, 1.165) is 70.6 Å². The summed E-state index contributed by atoms with van der Waals surface area (Å²) in [6.07, 6.45) is 47.1. The summed E-state index contributed by atoms with van der Waals surface area (Å²) in [7, 11) is -4.32. The third-order valence-corrected chi connectivity index (χ3v) is 8.71. The van der Waals surface area contributed by atoms with E-state index >= 15 is 0 Å². The highest BCUT2D eigenvalue weighted by molar-refractivity contribution is 7.85. The third kappa shape index (κ3) is 34.9. The molecule has 0 aromatic heterocycles. The van der Waals surface area contributed by atoms with Crippen molar-refractivity contribution >= 4 is 16.0 Å². The molecule has 0 aliphatic carbocycles. The number of aliphatic hydroxyl groups excluding tert-OH is 1. The molecule has 270 valence electrons. The van der Waals surface area contributed by atoms with Gasteiger partial charge in [0.25, 0.3) is 10.1 Å². The molecule has 0 fully saturated rings. The topological polar surface area (TPSA) is 104 Å². The fourth-order valence-corrected chi connectivity index (χ4v) is 5.92. The third-order valence-electron chi connectivity index (χ3n) is 7.93. The maximum Gasteiger partial charge on any atom is 0.266 e. The first-order valence-electron chi connectivity index (χ1n) is 18.6. The van der Waals surface area contributed by atoms with Crippen LogP contribution in [0.5, 0.6) is 0 Å². The van der Waals surface area contributed by atoms with Crippen molar-refractivity contribution in [1.82, 2.24) is 5.32 Å². The number of allylic oxidation sites excluding steroid dienone is 12. The summed E-state index contributed by atoms with van der Waals surface area (Å²) in [6.45, 7) is 4.37. The van der Waals surface area contributed by atoms with Gasteiger partial charge in [-0.3, -0.25) is 9.35 Å². The molecule has 7 heteroatoms. The molecule has 0 aromatic rings. The van der Waals surface area contributed by atoms with E-state index in [-0.39, 0.29) is 12.3 Å². The van der Waals surface area contributed by atoms with Crippen molar-refractivity contribution < 1.29 is 22.9 Å². The molecule has 0 saturated carbocycles. The Morgan fingerprint density at radius 3 is 1.47 bits per heavy atom. The van der Waals surface area contributed by atoms with Gasteiger partial charge in [-0.1, -0.05) is 157 Å². The van der Waals surface area contributed by atoms with Gasteiger partial charge < -0.3 is 10.4 Å². The largest absolute Gasteiger partial charge is 0.391 e. The monoisotopic (exact) mass is 675 g/mol. The van der Waals surface area contributed by atoms with E-state index in [9.17, 15) is 22.9 Å². The first-order valence-corrected chi connectivity index (χ1v) is 20.2. The number of amides is 1. The Balaban J connectivity index is 4.04. The fourth-order valence-electron chi connectivity index (χ4n) is 5.16. The van der Waals surface area contributed by atoms with Gasteiger partial charge >= 0.3 is 0 Å². The summed E-state index contributed by atoms with van der Waals surface area (Å²) in [4.78, 5) is 12.5. The Morgan fingerprint density at radius 2 is 1.02 bits per heavy atom. The van der Waals surface area contributed by atoms with E-state index in [1.165, 1.54) is 51.4 Å². The number of carbonyl (C=O) groups excluding carboxylic acids is 1. The van der Waals surface area contributed by atoms with Gasteiger partial charge in [-0.15, -0.1) is 0 Å². The highest BCUT2D eigenvalue weighted by atomic mass is 32.2. The molecule has 0 aliphatic heterocycles. The molecule has 0 spiro atoms. The zero-order chi connectivity index (χ0) is 34.7. The van der Waals surface area contributed by atoms with Crippen LogP contribution in [0.3, 0.4) is 0 Å². The Hall–Kier alpha value is -2.22. The van der Waals surface area contributed by atoms with Crippen LogP contribution < -0.4 is 5.32 Å². The Bertz CT molecular complexity index is 1010. The minimum absolute atomic E-state index is 0.260. The van der Waals surface area contributed by atoms with Crippen LogP contribution in [0.1, 0.15) is 155 Å². The molecular formula is C40H69NO5S. The van der Waals surface area contributed by atoms with Crippen LogP contribution >= 0.6 is 0 Å². The van der Waals surface area contributed by atoms with Crippen LogP contribution in [0.4, 0.5) is 0 Å². The van der Waals surface area contributed by atoms with Gasteiger partial charge in [0.2, 0.25) is 5.91 Å². The summed E-state index contributed by atoms with van der Waals surface area (Å²) >= 11 is 0. The van der Waals surface area contributed by atoms with E-state index in [1.807, 2.05) is 0 Å². The zero-order valence-corrected chi connectivity index (χ0v) is 30.7. The van der Waals surface area contributed by atoms with Crippen molar-refractivity contribution in [3.05, 3.63) is 72.9 Å². The van der Waals surface area contributed by atoms with Crippen LogP contribution in [0.2, 0.25) is 0 Å². The molecule has 6 nitrogen and oxygen atoms in total. The molecule has 47 heavy (non-hydrogen) atoms. The predicted octanol–water partition coefficient (Wildman–Crippen LogP) is 10.7. The summed E-state index contributed by atoms with van der Waals surface area (Å²) in [6, 6.07) is -0.996. The van der Waals surface area contributed by atoms with Crippen molar-refractivity contribution in [1.29, 1.82) is 0 Å². The molecule has 2 unspecified atom stereocenters. The highest BCUT2D eigenvalue weighted by Gasteiger charge is 2.26. The lowest BCUT2D eigenvalue weighted by molar-refractivity contribution is -0.122. The van der Waals surface area contributed by atoms with Crippen LogP contribution in [0, 0.1) is 0 Å². The highest BCUT2D eigenvalue weighted by Crippen LogP contribution is 2.14. The fraction of sp³-hybridized carbons (Fsp3) is 0.675. The first-order chi connectivity index (χ1) is 22.8. The van der Waals surface area contributed by atoms with Crippen LogP contribution in [0.15, 0.2) is 72.9 Å². The van der Waals surface area contributed by atoms with Crippen LogP contribution in [-0.4, -0.2) is 41.9 Å². The Morgan fingerprint density at radius 1 is 0.596 bits per heavy atom. The van der Waals surface area contributed by atoms with Gasteiger partial charge in [-0.05, 0) is 64.2 Å². The smallest absolute Gasteiger partial charge is 0.266 e. The van der Waals surface area contributed by atoms with Crippen molar-refractivity contribution in [2.45, 2.75) is 167 Å². The number of hydrogen-bond acceptors (Lipinski definition) is 4. The summed E-state index contributed by atoms with van der Waals surface area (Å²) in [5.41, 5.74) is 0. The molecule has 0 aliphatic rings. The van der Waals surface area contributed by atoms with Crippen LogP contribution in [-0.2, 0) is 14.9 Å². The Kier molecular flexibility index (Phi) is 32.1. The maximum atomic E-state index is 12.5. The van der Waals surface area contributed by atoms with E-state index < -0.39 is 28.0 Å². The maximum absolute atomic E-state index is 12.5. The van der Waals surface area contributed by atoms with E-state index in [0.29, 0.717) is 12.8 Å². The van der Waals surface area contributed by atoms with Crippen molar-refractivity contribution in [3.63, 3.8) is 0 Å². The lowest BCUT2D eigenvalue weighted by Gasteiger charge is -2.23. The number of hydrogen-bond donors (Lipinski definition) is 3. The quantitative estimate of drug-likeness (QED) is 0.0374. The molecule has 1 amide bonds. The molecule has 0 aromatic carbocycles. The SMILES string of the molecule is CC/C=C\C/C=C\C/C=C\C/C=C\C/C=C\C/C=C\CCCCC(=O)NC(CS(=O)(=O)O)C(O)CCCCCCCCCCCCC. The van der Waals surface area contributed by atoms with E-state index in [4.69, 9.17) is 0 Å². The van der Waals surface area contributed by atoms with Gasteiger partial charge in [0, 0.05) is 6.42 Å². The molecule has 0 radical (unpaired) electrons. The summed E-state index contributed by atoms with van der Waals surface area (Å²) in [5, 5.41) is 13.3. The second-order valence-corrected chi connectivity index (χ2v) is 14.0. The van der Waals surface area contributed by atoms with Crippen molar-refractivity contribution in [2.24, 2.45) is 0 Å². The summed E-state index contributed by atoms with van der Waals surface area (Å²) < 4.78 is 32.4. The zero-order valence-electron chi connectivity index (χ0n) is 29.9.